The van der Waals surface area contributed by atoms with E-state index in [9.17, 15) is 0 Å². The molecule has 3 rings (SSSR count). The van der Waals surface area contributed by atoms with Crippen LogP contribution in [0.1, 0.15) is 13.8 Å². The smallest absolute Gasteiger partial charge is 0.0373 e. The minimum atomic E-state index is 0.597. The van der Waals surface area contributed by atoms with Crippen molar-refractivity contribution in [3.05, 3.63) is 42.5 Å². The first kappa shape index (κ1) is 12.5. The summed E-state index contributed by atoms with van der Waals surface area (Å²) in [6, 6.07) is 16.0. The van der Waals surface area contributed by atoms with E-state index in [1.807, 2.05) is 0 Å². The SMILES string of the molecule is CC(C)C1CN(c2ccc3ccccc3c2)CCN1. The largest absolute Gasteiger partial charge is 0.369 e. The number of nitrogens with zero attached hydrogens (tertiary/aromatic N) is 1. The highest BCUT2D eigenvalue weighted by molar-refractivity contribution is 5.85. The summed E-state index contributed by atoms with van der Waals surface area (Å²) in [6.45, 7) is 7.87. The number of fused-ring (bicyclic) bond motifs is 1. The van der Waals surface area contributed by atoms with Gasteiger partial charge < -0.3 is 10.2 Å². The van der Waals surface area contributed by atoms with E-state index in [0.717, 1.165) is 19.6 Å². The van der Waals surface area contributed by atoms with E-state index in [1.165, 1.54) is 16.5 Å². The maximum atomic E-state index is 3.61. The molecule has 2 heteroatoms. The van der Waals surface area contributed by atoms with Gasteiger partial charge in [-0.3, -0.25) is 0 Å². The molecule has 0 spiro atoms. The van der Waals surface area contributed by atoms with Crippen molar-refractivity contribution in [2.45, 2.75) is 19.9 Å². The second kappa shape index (κ2) is 5.22. The summed E-state index contributed by atoms with van der Waals surface area (Å²) in [5.74, 6) is 0.684. The Labute approximate surface area is 115 Å². The van der Waals surface area contributed by atoms with Gasteiger partial charge in [0.15, 0.2) is 0 Å². The average molecular weight is 254 g/mol. The van der Waals surface area contributed by atoms with Gasteiger partial charge in [0.25, 0.3) is 0 Å². The van der Waals surface area contributed by atoms with Crippen LogP contribution in [0.25, 0.3) is 10.8 Å². The number of benzene rings is 2. The van der Waals surface area contributed by atoms with Gasteiger partial charge in [0.05, 0.1) is 0 Å². The molecule has 1 unspecified atom stereocenters. The second-order valence-corrected chi connectivity index (χ2v) is 5.78. The molecule has 19 heavy (non-hydrogen) atoms. The molecule has 2 aromatic carbocycles. The topological polar surface area (TPSA) is 15.3 Å². The van der Waals surface area contributed by atoms with Crippen molar-refractivity contribution in [3.8, 4) is 0 Å². The molecule has 1 N–H and O–H groups in total. The molecule has 0 saturated carbocycles. The van der Waals surface area contributed by atoms with E-state index in [2.05, 4.69) is 66.5 Å². The van der Waals surface area contributed by atoms with Crippen LogP contribution in [0.4, 0.5) is 5.69 Å². The highest BCUT2D eigenvalue weighted by Crippen LogP contribution is 2.23. The maximum absolute atomic E-state index is 3.61. The third-order valence-corrected chi connectivity index (χ3v) is 4.11. The molecule has 100 valence electrons. The molecular formula is C17H22N2. The van der Waals surface area contributed by atoms with Crippen molar-refractivity contribution in [2.75, 3.05) is 24.5 Å². The van der Waals surface area contributed by atoms with E-state index >= 15 is 0 Å². The van der Waals surface area contributed by atoms with Crippen molar-refractivity contribution in [2.24, 2.45) is 5.92 Å². The van der Waals surface area contributed by atoms with Gasteiger partial charge in [0.1, 0.15) is 0 Å². The van der Waals surface area contributed by atoms with Gasteiger partial charge in [-0.2, -0.15) is 0 Å². The molecule has 1 atom stereocenters. The van der Waals surface area contributed by atoms with Crippen LogP contribution >= 0.6 is 0 Å². The fourth-order valence-corrected chi connectivity index (χ4v) is 2.83. The molecule has 0 aromatic heterocycles. The zero-order valence-electron chi connectivity index (χ0n) is 11.8. The second-order valence-electron chi connectivity index (χ2n) is 5.78. The highest BCUT2D eigenvalue weighted by atomic mass is 15.2. The fourth-order valence-electron chi connectivity index (χ4n) is 2.83. The summed E-state index contributed by atoms with van der Waals surface area (Å²) < 4.78 is 0. The lowest BCUT2D eigenvalue weighted by molar-refractivity contribution is 0.368. The normalized spacial score (nSPS) is 20.2. The minimum absolute atomic E-state index is 0.597. The number of hydrogen-bond acceptors (Lipinski definition) is 2. The summed E-state index contributed by atoms with van der Waals surface area (Å²) >= 11 is 0. The zero-order chi connectivity index (χ0) is 13.2. The van der Waals surface area contributed by atoms with Gasteiger partial charge in [0, 0.05) is 31.4 Å². The van der Waals surface area contributed by atoms with Gasteiger partial charge in [-0.1, -0.05) is 44.2 Å². The molecule has 2 aromatic rings. The Morgan fingerprint density at radius 2 is 1.89 bits per heavy atom. The zero-order valence-corrected chi connectivity index (χ0v) is 11.8. The first-order valence-electron chi connectivity index (χ1n) is 7.21. The van der Waals surface area contributed by atoms with Crippen LogP contribution in [-0.4, -0.2) is 25.7 Å². The van der Waals surface area contributed by atoms with Crippen LogP contribution in [-0.2, 0) is 0 Å². The molecule has 1 aliphatic heterocycles. The lowest BCUT2D eigenvalue weighted by Gasteiger charge is -2.37. The minimum Gasteiger partial charge on any atom is -0.369 e. The molecule has 1 saturated heterocycles. The van der Waals surface area contributed by atoms with E-state index in [4.69, 9.17) is 0 Å². The Kier molecular flexibility index (Phi) is 3.43. The molecule has 2 nitrogen and oxygen atoms in total. The Morgan fingerprint density at radius 3 is 2.68 bits per heavy atom. The molecule has 1 heterocycles. The number of rotatable bonds is 2. The molecule has 1 aliphatic rings. The predicted octanol–water partition coefficient (Wildman–Crippen LogP) is 3.27. The van der Waals surface area contributed by atoms with Gasteiger partial charge in [-0.05, 0) is 28.8 Å². The summed E-state index contributed by atoms with van der Waals surface area (Å²) in [7, 11) is 0. The lowest BCUT2D eigenvalue weighted by atomic mass is 10.0. The summed E-state index contributed by atoms with van der Waals surface area (Å²) in [6.07, 6.45) is 0. The van der Waals surface area contributed by atoms with E-state index in [-0.39, 0.29) is 0 Å². The number of piperazine rings is 1. The Hall–Kier alpha value is -1.54. The Bertz CT molecular complexity index is 562. The molecule has 0 amide bonds. The Morgan fingerprint density at radius 1 is 1.11 bits per heavy atom. The van der Waals surface area contributed by atoms with Gasteiger partial charge in [-0.25, -0.2) is 0 Å². The average Bonchev–Trinajstić information content (AvgIpc) is 2.47. The van der Waals surface area contributed by atoms with Gasteiger partial charge in [-0.15, -0.1) is 0 Å². The van der Waals surface area contributed by atoms with Crippen LogP contribution in [0, 0.1) is 5.92 Å². The summed E-state index contributed by atoms with van der Waals surface area (Å²) in [4.78, 5) is 2.51. The fraction of sp³-hybridized carbons (Fsp3) is 0.412. The van der Waals surface area contributed by atoms with Crippen molar-refractivity contribution < 1.29 is 0 Å². The first-order valence-corrected chi connectivity index (χ1v) is 7.21. The van der Waals surface area contributed by atoms with Crippen molar-refractivity contribution in [3.63, 3.8) is 0 Å². The highest BCUT2D eigenvalue weighted by Gasteiger charge is 2.21. The van der Waals surface area contributed by atoms with Crippen molar-refractivity contribution >= 4 is 16.5 Å². The molecular weight excluding hydrogens is 232 g/mol. The van der Waals surface area contributed by atoms with E-state index < -0.39 is 0 Å². The molecule has 0 aliphatic carbocycles. The number of hydrogen-bond donors (Lipinski definition) is 1. The molecule has 0 bridgehead atoms. The van der Waals surface area contributed by atoms with Crippen LogP contribution < -0.4 is 10.2 Å². The number of nitrogens with one attached hydrogen (secondary N) is 1. The van der Waals surface area contributed by atoms with Crippen molar-refractivity contribution in [1.29, 1.82) is 0 Å². The van der Waals surface area contributed by atoms with Crippen LogP contribution in [0.15, 0.2) is 42.5 Å². The van der Waals surface area contributed by atoms with E-state index in [0.29, 0.717) is 12.0 Å². The van der Waals surface area contributed by atoms with Gasteiger partial charge >= 0.3 is 0 Å². The monoisotopic (exact) mass is 254 g/mol. The van der Waals surface area contributed by atoms with Crippen LogP contribution in [0.5, 0.6) is 0 Å². The van der Waals surface area contributed by atoms with Crippen LogP contribution in [0.2, 0.25) is 0 Å². The Balaban J connectivity index is 1.87. The third kappa shape index (κ3) is 2.59. The third-order valence-electron chi connectivity index (χ3n) is 4.11. The predicted molar refractivity (Wildman–Crippen MR) is 82.8 cm³/mol. The maximum Gasteiger partial charge on any atom is 0.0373 e. The molecule has 0 radical (unpaired) electrons. The van der Waals surface area contributed by atoms with Crippen molar-refractivity contribution in [1.82, 2.24) is 5.32 Å². The molecule has 1 fully saturated rings. The van der Waals surface area contributed by atoms with Gasteiger partial charge in [0.2, 0.25) is 0 Å². The lowest BCUT2D eigenvalue weighted by Crippen LogP contribution is -2.52. The van der Waals surface area contributed by atoms with E-state index in [1.54, 1.807) is 0 Å². The quantitative estimate of drug-likeness (QED) is 0.885. The first-order chi connectivity index (χ1) is 9.24. The summed E-state index contributed by atoms with van der Waals surface area (Å²) in [5.41, 5.74) is 1.35. The standard InChI is InChI=1S/C17H22N2/c1-13(2)17-12-19(10-9-18-17)16-8-7-14-5-3-4-6-15(14)11-16/h3-8,11,13,17-18H,9-10,12H2,1-2H3. The number of anilines is 1. The van der Waals surface area contributed by atoms with Crippen LogP contribution in [0.3, 0.4) is 0 Å². The summed E-state index contributed by atoms with van der Waals surface area (Å²) in [5, 5.41) is 6.27.